The van der Waals surface area contributed by atoms with E-state index in [0.717, 1.165) is 32.5 Å². The first-order chi connectivity index (χ1) is 7.60. The van der Waals surface area contributed by atoms with E-state index in [1.165, 1.54) is 0 Å². The normalized spacial score (nSPS) is 28.0. The van der Waals surface area contributed by atoms with Gasteiger partial charge in [-0.25, -0.2) is 0 Å². The number of carbonyl (C=O) groups excluding carboxylic acids is 1. The Hall–Kier alpha value is -0.610. The van der Waals surface area contributed by atoms with Gasteiger partial charge in [0, 0.05) is 19.1 Å². The molecule has 3 unspecified atom stereocenters. The molecule has 1 fully saturated rings. The number of nitrogens with one attached hydrogen (secondary N) is 1. The van der Waals surface area contributed by atoms with E-state index in [0.29, 0.717) is 12.0 Å². The van der Waals surface area contributed by atoms with Gasteiger partial charge in [0.05, 0.1) is 6.04 Å². The van der Waals surface area contributed by atoms with Gasteiger partial charge in [0.25, 0.3) is 0 Å². The van der Waals surface area contributed by atoms with Crippen molar-refractivity contribution in [3.05, 3.63) is 0 Å². The van der Waals surface area contributed by atoms with E-state index in [1.807, 2.05) is 6.92 Å². The van der Waals surface area contributed by atoms with E-state index >= 15 is 0 Å². The topological polar surface area (TPSA) is 58.4 Å². The molecule has 1 aliphatic rings. The number of likely N-dealkylation sites (tertiary alicyclic amines) is 1. The van der Waals surface area contributed by atoms with Crippen molar-refractivity contribution in [1.29, 1.82) is 0 Å². The predicted molar refractivity (Wildman–Crippen MR) is 66.1 cm³/mol. The average Bonchev–Trinajstić information content (AvgIpc) is 2.66. The Morgan fingerprint density at radius 2 is 2.31 bits per heavy atom. The van der Waals surface area contributed by atoms with Crippen LogP contribution in [0.4, 0.5) is 0 Å². The predicted octanol–water partition coefficient (Wildman–Crippen LogP) is 0.570. The highest BCUT2D eigenvalue weighted by Gasteiger charge is 2.33. The Balaban J connectivity index is 2.47. The van der Waals surface area contributed by atoms with Gasteiger partial charge in [-0.2, -0.15) is 0 Å². The van der Waals surface area contributed by atoms with Crippen LogP contribution in [0.1, 0.15) is 33.6 Å². The first-order valence-electron chi connectivity index (χ1n) is 6.33. The Kier molecular flexibility index (Phi) is 5.22. The van der Waals surface area contributed by atoms with Crippen LogP contribution in [0.3, 0.4) is 0 Å². The fraction of sp³-hybridized carbons (Fsp3) is 0.917. The van der Waals surface area contributed by atoms with Crippen molar-refractivity contribution in [1.82, 2.24) is 10.2 Å². The molecule has 1 rings (SSSR count). The van der Waals surface area contributed by atoms with Crippen LogP contribution in [0.2, 0.25) is 0 Å². The summed E-state index contributed by atoms with van der Waals surface area (Å²) in [5, 5.41) is 2.95. The summed E-state index contributed by atoms with van der Waals surface area (Å²) >= 11 is 0. The van der Waals surface area contributed by atoms with Gasteiger partial charge >= 0.3 is 0 Å². The smallest absolute Gasteiger partial charge is 0.237 e. The molecule has 3 N–H and O–H groups in total. The third-order valence-electron chi connectivity index (χ3n) is 3.47. The van der Waals surface area contributed by atoms with Crippen molar-refractivity contribution in [3.63, 3.8) is 0 Å². The molecule has 94 valence electrons. The van der Waals surface area contributed by atoms with E-state index in [-0.39, 0.29) is 11.9 Å². The monoisotopic (exact) mass is 227 g/mol. The fourth-order valence-electron chi connectivity index (χ4n) is 2.43. The molecule has 0 aromatic rings. The van der Waals surface area contributed by atoms with E-state index in [4.69, 9.17) is 5.73 Å². The van der Waals surface area contributed by atoms with Crippen LogP contribution < -0.4 is 11.1 Å². The lowest BCUT2D eigenvalue weighted by atomic mass is 10.1. The second-order valence-electron chi connectivity index (χ2n) is 4.85. The molecule has 4 nitrogen and oxygen atoms in total. The molecular formula is C12H25N3O. The lowest BCUT2D eigenvalue weighted by Crippen LogP contribution is -2.46. The average molecular weight is 227 g/mol. The zero-order valence-corrected chi connectivity index (χ0v) is 10.7. The van der Waals surface area contributed by atoms with Gasteiger partial charge in [-0.3, -0.25) is 9.69 Å². The number of hydrogen-bond acceptors (Lipinski definition) is 3. The van der Waals surface area contributed by atoms with Crippen LogP contribution in [0.25, 0.3) is 0 Å². The van der Waals surface area contributed by atoms with E-state index in [2.05, 4.69) is 24.1 Å². The third kappa shape index (κ3) is 3.19. The van der Waals surface area contributed by atoms with E-state index in [9.17, 15) is 4.79 Å². The maximum Gasteiger partial charge on any atom is 0.237 e. The lowest BCUT2D eigenvalue weighted by molar-refractivity contribution is -0.126. The Morgan fingerprint density at radius 3 is 2.81 bits per heavy atom. The highest BCUT2D eigenvalue weighted by Crippen LogP contribution is 2.24. The van der Waals surface area contributed by atoms with Gasteiger partial charge in [-0.15, -0.1) is 0 Å². The summed E-state index contributed by atoms with van der Waals surface area (Å²) in [7, 11) is 0. The van der Waals surface area contributed by atoms with Gasteiger partial charge in [0.15, 0.2) is 0 Å². The molecule has 1 saturated heterocycles. The summed E-state index contributed by atoms with van der Waals surface area (Å²) in [6.07, 6.45) is 2.10. The van der Waals surface area contributed by atoms with Crippen LogP contribution >= 0.6 is 0 Å². The van der Waals surface area contributed by atoms with Crippen molar-refractivity contribution in [2.75, 3.05) is 19.6 Å². The summed E-state index contributed by atoms with van der Waals surface area (Å²) in [5.74, 6) is 0.697. The van der Waals surface area contributed by atoms with Crippen molar-refractivity contribution in [2.45, 2.75) is 45.7 Å². The number of carbonyl (C=O) groups is 1. The summed E-state index contributed by atoms with van der Waals surface area (Å²) in [6.45, 7) is 8.68. The Labute approximate surface area is 98.6 Å². The summed E-state index contributed by atoms with van der Waals surface area (Å²) in [4.78, 5) is 14.1. The molecule has 0 aliphatic carbocycles. The molecule has 3 atom stereocenters. The van der Waals surface area contributed by atoms with Crippen LogP contribution in [-0.4, -0.2) is 42.5 Å². The maximum atomic E-state index is 11.8. The summed E-state index contributed by atoms with van der Waals surface area (Å²) in [6, 6.07) is 0.439. The largest absolute Gasteiger partial charge is 0.355 e. The standard InChI is InChI=1S/C12H25N3O/c1-4-5-14-12(16)10(3)15-8-11(7-13)6-9(15)2/h9-11H,4-8,13H2,1-3H3,(H,14,16). The maximum absolute atomic E-state index is 11.8. The molecular weight excluding hydrogens is 202 g/mol. The zero-order valence-electron chi connectivity index (χ0n) is 10.7. The molecule has 1 heterocycles. The molecule has 16 heavy (non-hydrogen) atoms. The number of hydrogen-bond donors (Lipinski definition) is 2. The third-order valence-corrected chi connectivity index (χ3v) is 3.47. The lowest BCUT2D eigenvalue weighted by Gasteiger charge is -2.27. The number of nitrogens with two attached hydrogens (primary N) is 1. The minimum atomic E-state index is -0.0295. The number of amides is 1. The highest BCUT2D eigenvalue weighted by molar-refractivity contribution is 5.81. The van der Waals surface area contributed by atoms with Crippen LogP contribution in [0.15, 0.2) is 0 Å². The molecule has 0 bridgehead atoms. The first-order valence-corrected chi connectivity index (χ1v) is 6.33. The molecule has 1 aliphatic heterocycles. The number of rotatable bonds is 5. The second kappa shape index (κ2) is 6.21. The first kappa shape index (κ1) is 13.5. The van der Waals surface area contributed by atoms with Crippen LogP contribution in [0, 0.1) is 5.92 Å². The fourth-order valence-corrected chi connectivity index (χ4v) is 2.43. The minimum absolute atomic E-state index is 0.0295. The molecule has 0 radical (unpaired) electrons. The zero-order chi connectivity index (χ0) is 12.1. The highest BCUT2D eigenvalue weighted by atomic mass is 16.2. The molecule has 0 aromatic carbocycles. The molecule has 4 heteroatoms. The van der Waals surface area contributed by atoms with Crippen molar-refractivity contribution in [2.24, 2.45) is 11.7 Å². The van der Waals surface area contributed by atoms with Crippen LogP contribution in [0.5, 0.6) is 0 Å². The van der Waals surface area contributed by atoms with Gasteiger partial charge in [-0.05, 0) is 39.2 Å². The van der Waals surface area contributed by atoms with Crippen molar-refractivity contribution in [3.8, 4) is 0 Å². The van der Waals surface area contributed by atoms with Gasteiger partial charge in [0.2, 0.25) is 5.91 Å². The van der Waals surface area contributed by atoms with Crippen molar-refractivity contribution < 1.29 is 4.79 Å². The summed E-state index contributed by atoms with van der Waals surface area (Å²) in [5.41, 5.74) is 5.69. The SMILES string of the molecule is CCCNC(=O)C(C)N1CC(CN)CC1C. The number of nitrogens with zero attached hydrogens (tertiary/aromatic N) is 1. The Bertz CT molecular complexity index is 232. The van der Waals surface area contributed by atoms with Gasteiger partial charge in [0.1, 0.15) is 0 Å². The summed E-state index contributed by atoms with van der Waals surface area (Å²) < 4.78 is 0. The van der Waals surface area contributed by atoms with Crippen LogP contribution in [-0.2, 0) is 4.79 Å². The van der Waals surface area contributed by atoms with Gasteiger partial charge < -0.3 is 11.1 Å². The second-order valence-corrected chi connectivity index (χ2v) is 4.85. The molecule has 0 aromatic heterocycles. The van der Waals surface area contributed by atoms with Gasteiger partial charge in [-0.1, -0.05) is 6.92 Å². The molecule has 0 saturated carbocycles. The molecule has 1 amide bonds. The van der Waals surface area contributed by atoms with E-state index < -0.39 is 0 Å². The quantitative estimate of drug-likeness (QED) is 0.722. The molecule has 0 spiro atoms. The van der Waals surface area contributed by atoms with E-state index in [1.54, 1.807) is 0 Å². The van der Waals surface area contributed by atoms with Crippen molar-refractivity contribution >= 4 is 5.91 Å². The minimum Gasteiger partial charge on any atom is -0.355 e. The Morgan fingerprint density at radius 1 is 1.62 bits per heavy atom.